The molecule has 0 unspecified atom stereocenters. The Morgan fingerprint density at radius 2 is 1.54 bits per heavy atom. The van der Waals surface area contributed by atoms with Gasteiger partial charge in [0, 0.05) is 7.11 Å². The lowest BCUT2D eigenvalue weighted by atomic mass is 10.1. The summed E-state index contributed by atoms with van der Waals surface area (Å²) < 4.78 is 12.4. The van der Waals surface area contributed by atoms with Crippen LogP contribution in [0.5, 0.6) is 0 Å². The molecule has 2 aromatic carbocycles. The minimum Gasteiger partial charge on any atom is -0.393 e. The first-order chi connectivity index (χ1) is 13.3. The second kappa shape index (κ2) is 9.32. The summed E-state index contributed by atoms with van der Waals surface area (Å²) in [4.78, 5) is 12.4. The largest absolute Gasteiger partial charge is 0.393 e. The van der Waals surface area contributed by atoms with Crippen molar-refractivity contribution in [1.29, 1.82) is 0 Å². The molecule has 0 radical (unpaired) electrons. The van der Waals surface area contributed by atoms with Crippen LogP contribution < -0.4 is 16.1 Å². The summed E-state index contributed by atoms with van der Waals surface area (Å²) in [6.07, 6.45) is 0.826. The smallest absolute Gasteiger partial charge is 0.262 e. The van der Waals surface area contributed by atoms with E-state index in [9.17, 15) is 4.79 Å². The van der Waals surface area contributed by atoms with E-state index in [1.165, 1.54) is 0 Å². The maximum atomic E-state index is 12.4. The lowest BCUT2D eigenvalue weighted by Crippen LogP contribution is -2.69. The van der Waals surface area contributed by atoms with Gasteiger partial charge in [-0.15, -0.1) is 6.58 Å². The van der Waals surface area contributed by atoms with Gasteiger partial charge in [0.15, 0.2) is 6.10 Å². The van der Waals surface area contributed by atoms with E-state index in [-0.39, 0.29) is 5.04 Å². The third-order valence-electron chi connectivity index (χ3n) is 5.04. The van der Waals surface area contributed by atoms with Gasteiger partial charge in [-0.3, -0.25) is 4.79 Å². The number of carbonyl (C=O) groups is 1. The van der Waals surface area contributed by atoms with Crippen LogP contribution in [0.4, 0.5) is 0 Å². The van der Waals surface area contributed by atoms with Crippen LogP contribution >= 0.6 is 0 Å². The Morgan fingerprint density at radius 1 is 1.07 bits per heavy atom. The average Bonchev–Trinajstić information content (AvgIpc) is 2.67. The summed E-state index contributed by atoms with van der Waals surface area (Å²) in [5.74, 6) is -0.526. The zero-order valence-electron chi connectivity index (χ0n) is 17.2. The molecule has 0 spiro atoms. The number of carbonyl (C=O) groups excluding carboxylic acids is 1. The highest BCUT2D eigenvalue weighted by Gasteiger charge is 2.53. The van der Waals surface area contributed by atoms with Crippen LogP contribution in [0.25, 0.3) is 0 Å². The Balaban J connectivity index is 2.73. The minimum atomic E-state index is -2.90. The molecule has 0 saturated heterocycles. The monoisotopic (exact) mass is 397 g/mol. The first-order valence-electron chi connectivity index (χ1n) is 9.49. The Hall–Kier alpha value is -2.21. The molecule has 0 aliphatic heterocycles. The maximum absolute atomic E-state index is 12.4. The van der Waals surface area contributed by atoms with Gasteiger partial charge in [-0.05, 0) is 21.8 Å². The van der Waals surface area contributed by atoms with Crippen molar-refractivity contribution >= 4 is 24.6 Å². The Bertz CT molecular complexity index is 732. The normalized spacial score (nSPS) is 14.3. The molecule has 0 aliphatic rings. The lowest BCUT2D eigenvalue weighted by molar-refractivity contribution is -0.131. The van der Waals surface area contributed by atoms with Crippen molar-refractivity contribution in [2.45, 2.75) is 44.4 Å². The van der Waals surface area contributed by atoms with Crippen molar-refractivity contribution in [1.82, 2.24) is 0 Å². The number of hydrogen-bond acceptors (Lipinski definition) is 3. The van der Waals surface area contributed by atoms with E-state index in [0.29, 0.717) is 6.42 Å². The van der Waals surface area contributed by atoms with Crippen molar-refractivity contribution in [3.05, 3.63) is 73.3 Å². The molecule has 2 aromatic rings. The third-order valence-corrected chi connectivity index (χ3v) is 10.1. The molecule has 0 heterocycles. The Labute approximate surface area is 169 Å². The summed E-state index contributed by atoms with van der Waals surface area (Å²) in [7, 11) is -1.33. The highest BCUT2D eigenvalue weighted by atomic mass is 28.4. The second-order valence-corrected chi connectivity index (χ2v) is 12.2. The summed E-state index contributed by atoms with van der Waals surface area (Å²) in [6, 6.07) is 20.3. The van der Waals surface area contributed by atoms with Crippen LogP contribution in [0.3, 0.4) is 0 Å². The third kappa shape index (κ3) is 4.43. The van der Waals surface area contributed by atoms with Crippen molar-refractivity contribution in [2.75, 3.05) is 7.11 Å². The summed E-state index contributed by atoms with van der Waals surface area (Å²) in [5, 5.41) is 1.93. The fourth-order valence-electron chi connectivity index (χ4n) is 3.71. The molecule has 0 aromatic heterocycles. The standard InChI is InChI=1S/C23H31NO3Si/c1-6-13-20(26-5)21(22(24)25)27-28(23(2,3)4,18-14-9-7-10-15-18)19-16-11-8-12-17-19/h6-12,14-17,20-21H,1,13H2,2-5H3,(H2,24,25)/t20-,21+/m1/s1. The van der Waals surface area contributed by atoms with Gasteiger partial charge < -0.3 is 14.9 Å². The number of hydrogen-bond donors (Lipinski definition) is 1. The highest BCUT2D eigenvalue weighted by Crippen LogP contribution is 2.38. The molecule has 0 bridgehead atoms. The van der Waals surface area contributed by atoms with Crippen molar-refractivity contribution < 1.29 is 14.0 Å². The molecule has 2 rings (SSSR count). The SMILES string of the molecule is C=CC[C@@H](OC)[C@H](O[Si](c1ccccc1)(c1ccccc1)C(C)(C)C)C(N)=O. The van der Waals surface area contributed by atoms with Crippen LogP contribution in [0.1, 0.15) is 27.2 Å². The van der Waals surface area contributed by atoms with Crippen LogP contribution in [0.2, 0.25) is 5.04 Å². The predicted octanol–water partition coefficient (Wildman–Crippen LogP) is 3.01. The van der Waals surface area contributed by atoms with Crippen molar-refractivity contribution in [3.63, 3.8) is 0 Å². The maximum Gasteiger partial charge on any atom is 0.262 e. The molecule has 2 atom stereocenters. The lowest BCUT2D eigenvalue weighted by Gasteiger charge is -2.45. The Kier molecular flexibility index (Phi) is 7.35. The van der Waals surface area contributed by atoms with Crippen molar-refractivity contribution in [2.24, 2.45) is 5.73 Å². The molecule has 5 heteroatoms. The zero-order chi connectivity index (χ0) is 20.8. The van der Waals surface area contributed by atoms with Crippen LogP contribution in [0, 0.1) is 0 Å². The van der Waals surface area contributed by atoms with Gasteiger partial charge >= 0.3 is 0 Å². The molecule has 0 aliphatic carbocycles. The quantitative estimate of drug-likeness (QED) is 0.523. The number of benzene rings is 2. The predicted molar refractivity (Wildman–Crippen MR) is 117 cm³/mol. The summed E-state index contributed by atoms with van der Waals surface area (Å²) >= 11 is 0. The molecule has 1 amide bonds. The van der Waals surface area contributed by atoms with Gasteiger partial charge in [-0.2, -0.15) is 0 Å². The fraction of sp³-hybridized carbons (Fsp3) is 0.348. The molecule has 0 saturated carbocycles. The van der Waals surface area contributed by atoms with E-state index in [1.807, 2.05) is 36.4 Å². The number of methoxy groups -OCH3 is 1. The molecular formula is C23H31NO3Si. The number of ether oxygens (including phenoxy) is 1. The van der Waals surface area contributed by atoms with Crippen LogP contribution in [-0.2, 0) is 14.0 Å². The number of amides is 1. The summed E-state index contributed by atoms with van der Waals surface area (Å²) in [6.45, 7) is 10.3. The van der Waals surface area contributed by atoms with Gasteiger partial charge in [0.05, 0.1) is 6.10 Å². The summed E-state index contributed by atoms with van der Waals surface area (Å²) in [5.41, 5.74) is 5.79. The topological polar surface area (TPSA) is 61.6 Å². The highest BCUT2D eigenvalue weighted by molar-refractivity contribution is 6.99. The average molecular weight is 398 g/mol. The van der Waals surface area contributed by atoms with Crippen molar-refractivity contribution in [3.8, 4) is 0 Å². The first-order valence-corrected chi connectivity index (χ1v) is 11.4. The first kappa shape index (κ1) is 22.1. The molecule has 4 nitrogen and oxygen atoms in total. The van der Waals surface area contributed by atoms with E-state index in [2.05, 4.69) is 51.6 Å². The van der Waals surface area contributed by atoms with E-state index in [1.54, 1.807) is 13.2 Å². The van der Waals surface area contributed by atoms with E-state index in [4.69, 9.17) is 14.9 Å². The van der Waals surface area contributed by atoms with E-state index < -0.39 is 26.4 Å². The molecule has 0 fully saturated rings. The molecule has 2 N–H and O–H groups in total. The molecule has 150 valence electrons. The number of nitrogens with two attached hydrogens (primary N) is 1. The van der Waals surface area contributed by atoms with Gasteiger partial charge in [-0.1, -0.05) is 87.5 Å². The van der Waals surface area contributed by atoms with Gasteiger partial charge in [0.1, 0.15) is 0 Å². The zero-order valence-corrected chi connectivity index (χ0v) is 18.2. The van der Waals surface area contributed by atoms with Gasteiger partial charge in [0.2, 0.25) is 5.91 Å². The fourth-order valence-corrected chi connectivity index (χ4v) is 8.37. The molecular weight excluding hydrogens is 366 g/mol. The molecule has 28 heavy (non-hydrogen) atoms. The van der Waals surface area contributed by atoms with E-state index >= 15 is 0 Å². The minimum absolute atomic E-state index is 0.254. The Morgan fingerprint density at radius 3 is 1.86 bits per heavy atom. The van der Waals surface area contributed by atoms with Crippen LogP contribution in [0.15, 0.2) is 73.3 Å². The number of rotatable bonds is 9. The van der Waals surface area contributed by atoms with Crippen LogP contribution in [-0.4, -0.2) is 33.5 Å². The van der Waals surface area contributed by atoms with Gasteiger partial charge in [-0.25, -0.2) is 0 Å². The second-order valence-electron chi connectivity index (χ2n) is 7.90. The number of primary amides is 1. The van der Waals surface area contributed by atoms with E-state index in [0.717, 1.165) is 10.4 Å². The van der Waals surface area contributed by atoms with Gasteiger partial charge in [0.25, 0.3) is 8.32 Å².